The number of hydrogen-bond donors (Lipinski definition) is 2. The van der Waals surface area contributed by atoms with E-state index in [2.05, 4.69) is 26.8 Å². The van der Waals surface area contributed by atoms with Gasteiger partial charge in [-0.1, -0.05) is 50.8 Å². The predicted octanol–water partition coefficient (Wildman–Crippen LogP) is 5.65. The van der Waals surface area contributed by atoms with Gasteiger partial charge in [0.05, 0.1) is 6.10 Å². The second-order valence-corrected chi connectivity index (χ2v) is 9.76. The van der Waals surface area contributed by atoms with Crippen molar-refractivity contribution in [2.45, 2.75) is 90.1 Å². The van der Waals surface area contributed by atoms with Crippen LogP contribution in [0.3, 0.4) is 0 Å². The number of aliphatic hydroxyl groups excluding tert-OH is 1. The van der Waals surface area contributed by atoms with Gasteiger partial charge in [-0.05, 0) is 79.5 Å². The van der Waals surface area contributed by atoms with E-state index in [1.54, 1.807) is 11.1 Å². The van der Waals surface area contributed by atoms with E-state index in [-0.39, 0.29) is 16.9 Å². The fourth-order valence-electron chi connectivity index (χ4n) is 6.30. The van der Waals surface area contributed by atoms with Gasteiger partial charge in [-0.15, -0.1) is 0 Å². The molecule has 1 aromatic rings. The summed E-state index contributed by atoms with van der Waals surface area (Å²) in [7, 11) is 0. The maximum absolute atomic E-state index is 10.6. The first-order valence-corrected chi connectivity index (χ1v) is 10.6. The minimum absolute atomic E-state index is 0.0994. The molecule has 26 heavy (non-hydrogen) atoms. The van der Waals surface area contributed by atoms with E-state index in [1.807, 2.05) is 12.1 Å². The highest BCUT2D eigenvalue weighted by Crippen LogP contribution is 2.61. The molecule has 1 saturated carbocycles. The standard InChI is InChI=1S/C24H34O2/c1-16(2)5-4-10-24-12-11-23(3)20-9-7-18(25)13-17(20)6-8-21(23)22(24)14-19(26)15-24/h7,9,13,16,19,25-26H,4-6,8,10-12,14-15H2,1-3H3/t19-,23+,24+/m1/s1. The van der Waals surface area contributed by atoms with Crippen molar-refractivity contribution in [3.63, 3.8) is 0 Å². The molecule has 3 aliphatic rings. The van der Waals surface area contributed by atoms with Crippen molar-refractivity contribution >= 4 is 0 Å². The Kier molecular flexibility index (Phi) is 4.46. The van der Waals surface area contributed by atoms with Gasteiger partial charge < -0.3 is 10.2 Å². The number of rotatable bonds is 4. The van der Waals surface area contributed by atoms with Gasteiger partial charge in [-0.2, -0.15) is 0 Å². The van der Waals surface area contributed by atoms with Gasteiger partial charge in [0.15, 0.2) is 0 Å². The van der Waals surface area contributed by atoms with E-state index in [1.165, 1.54) is 43.2 Å². The van der Waals surface area contributed by atoms with Crippen LogP contribution in [0.2, 0.25) is 0 Å². The molecular weight excluding hydrogens is 320 g/mol. The van der Waals surface area contributed by atoms with E-state index in [4.69, 9.17) is 0 Å². The van der Waals surface area contributed by atoms with Gasteiger partial charge in [0.25, 0.3) is 0 Å². The molecule has 3 aliphatic carbocycles. The number of phenols is 1. The van der Waals surface area contributed by atoms with Crippen molar-refractivity contribution in [3.05, 3.63) is 40.5 Å². The van der Waals surface area contributed by atoms with Crippen LogP contribution in [0.25, 0.3) is 0 Å². The normalized spacial score (nSPS) is 33.2. The molecule has 0 amide bonds. The van der Waals surface area contributed by atoms with E-state index < -0.39 is 0 Å². The minimum atomic E-state index is -0.153. The van der Waals surface area contributed by atoms with E-state index in [0.717, 1.165) is 31.6 Å². The quantitative estimate of drug-likeness (QED) is 0.686. The summed E-state index contributed by atoms with van der Waals surface area (Å²) in [5.74, 6) is 1.15. The summed E-state index contributed by atoms with van der Waals surface area (Å²) in [4.78, 5) is 0. The Bertz CT molecular complexity index is 732. The molecule has 3 atom stereocenters. The Morgan fingerprint density at radius 1 is 1.15 bits per heavy atom. The van der Waals surface area contributed by atoms with Crippen molar-refractivity contribution < 1.29 is 10.2 Å². The molecule has 0 aromatic heterocycles. The Hall–Kier alpha value is -1.28. The average Bonchev–Trinajstić information content (AvgIpc) is 2.90. The van der Waals surface area contributed by atoms with E-state index in [9.17, 15) is 10.2 Å². The molecular formula is C24H34O2. The zero-order valence-corrected chi connectivity index (χ0v) is 16.6. The zero-order valence-electron chi connectivity index (χ0n) is 16.6. The number of aliphatic hydroxyl groups is 1. The molecule has 0 spiro atoms. The topological polar surface area (TPSA) is 40.5 Å². The van der Waals surface area contributed by atoms with Crippen LogP contribution in [0.4, 0.5) is 0 Å². The number of allylic oxidation sites excluding steroid dienone is 1. The van der Waals surface area contributed by atoms with Gasteiger partial charge in [-0.3, -0.25) is 0 Å². The van der Waals surface area contributed by atoms with Gasteiger partial charge in [0.1, 0.15) is 5.75 Å². The molecule has 2 N–H and O–H groups in total. The third kappa shape index (κ3) is 2.81. The van der Waals surface area contributed by atoms with Gasteiger partial charge in [0, 0.05) is 5.41 Å². The number of aryl methyl sites for hydroxylation is 1. The number of fused-ring (bicyclic) bond motifs is 4. The van der Waals surface area contributed by atoms with Crippen molar-refractivity contribution in [2.24, 2.45) is 11.3 Å². The van der Waals surface area contributed by atoms with Crippen molar-refractivity contribution in [1.29, 1.82) is 0 Å². The van der Waals surface area contributed by atoms with E-state index in [0.29, 0.717) is 5.75 Å². The molecule has 1 aromatic carbocycles. The van der Waals surface area contributed by atoms with Crippen LogP contribution in [0.15, 0.2) is 29.3 Å². The number of phenolic OH excluding ortho intramolecular Hbond substituents is 1. The molecule has 0 radical (unpaired) electrons. The second kappa shape index (κ2) is 6.41. The molecule has 2 heteroatoms. The Morgan fingerprint density at radius 2 is 1.96 bits per heavy atom. The zero-order chi connectivity index (χ0) is 18.5. The maximum atomic E-state index is 10.6. The molecule has 4 rings (SSSR count). The van der Waals surface area contributed by atoms with Crippen molar-refractivity contribution in [1.82, 2.24) is 0 Å². The number of benzene rings is 1. The first-order valence-electron chi connectivity index (χ1n) is 10.6. The smallest absolute Gasteiger partial charge is 0.115 e. The van der Waals surface area contributed by atoms with E-state index >= 15 is 0 Å². The largest absolute Gasteiger partial charge is 0.508 e. The first kappa shape index (κ1) is 18.1. The highest BCUT2D eigenvalue weighted by atomic mass is 16.3. The van der Waals surface area contributed by atoms with Crippen LogP contribution < -0.4 is 0 Å². The number of hydrogen-bond acceptors (Lipinski definition) is 2. The Balaban J connectivity index is 1.73. The summed E-state index contributed by atoms with van der Waals surface area (Å²) in [5.41, 5.74) is 6.34. The van der Waals surface area contributed by atoms with Gasteiger partial charge in [-0.25, -0.2) is 0 Å². The summed E-state index contributed by atoms with van der Waals surface area (Å²) in [6.07, 6.45) is 10.0. The third-order valence-corrected chi connectivity index (χ3v) is 7.60. The highest BCUT2D eigenvalue weighted by Gasteiger charge is 2.51. The minimum Gasteiger partial charge on any atom is -0.508 e. The lowest BCUT2D eigenvalue weighted by Crippen LogP contribution is -2.39. The van der Waals surface area contributed by atoms with Crippen molar-refractivity contribution in [3.8, 4) is 5.75 Å². The summed E-state index contributed by atoms with van der Waals surface area (Å²) in [6.45, 7) is 7.03. The first-order chi connectivity index (χ1) is 12.3. The maximum Gasteiger partial charge on any atom is 0.115 e. The summed E-state index contributed by atoms with van der Waals surface area (Å²) < 4.78 is 0. The Labute approximate surface area is 158 Å². The van der Waals surface area contributed by atoms with Crippen LogP contribution in [-0.2, 0) is 11.8 Å². The van der Waals surface area contributed by atoms with Crippen LogP contribution in [0, 0.1) is 11.3 Å². The lowest BCUT2D eigenvalue weighted by atomic mass is 9.55. The SMILES string of the molecule is CC(C)CCC[C@@]12CC[C@]3(C)C(=C1C[C@@H](O)C2)CCc1cc(O)ccc13. The summed E-state index contributed by atoms with van der Waals surface area (Å²) >= 11 is 0. The molecule has 2 nitrogen and oxygen atoms in total. The molecule has 1 fully saturated rings. The Morgan fingerprint density at radius 3 is 2.73 bits per heavy atom. The second-order valence-electron chi connectivity index (χ2n) is 9.76. The molecule has 0 unspecified atom stereocenters. The highest BCUT2D eigenvalue weighted by molar-refractivity contribution is 5.52. The fourth-order valence-corrected chi connectivity index (χ4v) is 6.30. The van der Waals surface area contributed by atoms with Crippen LogP contribution in [-0.4, -0.2) is 16.3 Å². The predicted molar refractivity (Wildman–Crippen MR) is 106 cm³/mol. The van der Waals surface area contributed by atoms with Gasteiger partial charge in [0.2, 0.25) is 0 Å². The molecule has 0 bridgehead atoms. The summed E-state index contributed by atoms with van der Waals surface area (Å²) in [6, 6.07) is 5.98. The van der Waals surface area contributed by atoms with Gasteiger partial charge >= 0.3 is 0 Å². The van der Waals surface area contributed by atoms with Crippen molar-refractivity contribution in [2.75, 3.05) is 0 Å². The summed E-state index contributed by atoms with van der Waals surface area (Å²) in [5, 5.41) is 20.5. The lowest BCUT2D eigenvalue weighted by Gasteiger charge is -2.49. The molecule has 0 saturated heterocycles. The lowest BCUT2D eigenvalue weighted by molar-refractivity contribution is 0.142. The molecule has 142 valence electrons. The molecule has 0 aliphatic heterocycles. The number of aromatic hydroxyl groups is 1. The van der Waals surface area contributed by atoms with Crippen LogP contribution in [0.5, 0.6) is 5.75 Å². The monoisotopic (exact) mass is 354 g/mol. The average molecular weight is 355 g/mol. The molecule has 0 heterocycles. The van der Waals surface area contributed by atoms with Crippen LogP contribution in [0.1, 0.15) is 83.3 Å². The fraction of sp³-hybridized carbons (Fsp3) is 0.667. The van der Waals surface area contributed by atoms with Crippen LogP contribution >= 0.6 is 0 Å². The third-order valence-electron chi connectivity index (χ3n) is 7.60.